The average Bonchev–Trinajstić information content (AvgIpc) is 2.64. The minimum atomic E-state index is -0.0848. The van der Waals surface area contributed by atoms with E-state index in [0.29, 0.717) is 25.1 Å². The van der Waals surface area contributed by atoms with Gasteiger partial charge in [0.15, 0.2) is 6.61 Å². The van der Waals surface area contributed by atoms with Gasteiger partial charge in [0, 0.05) is 30.3 Å². The summed E-state index contributed by atoms with van der Waals surface area (Å²) in [6.45, 7) is 0.283. The first-order valence-corrected chi connectivity index (χ1v) is 9.14. The van der Waals surface area contributed by atoms with Crippen LogP contribution in [0.15, 0.2) is 18.2 Å². The van der Waals surface area contributed by atoms with Gasteiger partial charge in [0.05, 0.1) is 6.61 Å². The molecule has 0 aromatic heterocycles. The van der Waals surface area contributed by atoms with Crippen LogP contribution in [-0.2, 0) is 16.0 Å². The number of rotatable bonds is 6. The van der Waals surface area contributed by atoms with Crippen LogP contribution in [0, 0.1) is 0 Å². The third kappa shape index (κ3) is 4.31. The molecular weight excluding hydrogens is 320 g/mol. The van der Waals surface area contributed by atoms with Crippen molar-refractivity contribution in [2.24, 2.45) is 0 Å². The Bertz CT molecular complexity index is 626. The number of nitrogens with zero attached hydrogens (tertiary/aromatic N) is 1. The van der Waals surface area contributed by atoms with Gasteiger partial charge in [0.2, 0.25) is 5.91 Å². The highest BCUT2D eigenvalue weighted by molar-refractivity contribution is 5.94. The molecule has 0 unspecified atom stereocenters. The summed E-state index contributed by atoms with van der Waals surface area (Å²) < 4.78 is 5.80. The summed E-state index contributed by atoms with van der Waals surface area (Å²) >= 11 is 0. The zero-order valence-corrected chi connectivity index (χ0v) is 14.5. The number of fused-ring (bicyclic) bond motifs is 1. The van der Waals surface area contributed by atoms with Gasteiger partial charge in [-0.05, 0) is 31.4 Å². The quantitative estimate of drug-likeness (QED) is 0.827. The largest absolute Gasteiger partial charge is 0.483 e. The van der Waals surface area contributed by atoms with Gasteiger partial charge in [0.1, 0.15) is 5.75 Å². The standard InChI is InChI=1S/C19H26N2O4/c22-12-11-21(14-5-2-1-3-6-14)19(24)13-25-17-8-4-7-16-15(17)9-10-18(23)20-16/h4,7-8,14,22H,1-3,5-6,9-13H2,(H,20,23). The van der Waals surface area contributed by atoms with Crippen LogP contribution in [0.5, 0.6) is 5.75 Å². The monoisotopic (exact) mass is 346 g/mol. The lowest BCUT2D eigenvalue weighted by molar-refractivity contribution is -0.137. The molecule has 0 saturated heterocycles. The van der Waals surface area contributed by atoms with Crippen LogP contribution in [0.3, 0.4) is 0 Å². The number of aliphatic hydroxyl groups is 1. The SMILES string of the molecule is O=C1CCc2c(cccc2OCC(=O)N(CCO)C2CCCCC2)N1. The number of benzene rings is 1. The molecule has 136 valence electrons. The van der Waals surface area contributed by atoms with Gasteiger partial charge in [-0.25, -0.2) is 0 Å². The number of nitrogens with one attached hydrogen (secondary N) is 1. The molecule has 25 heavy (non-hydrogen) atoms. The molecule has 1 aromatic carbocycles. The maximum Gasteiger partial charge on any atom is 0.260 e. The average molecular weight is 346 g/mol. The van der Waals surface area contributed by atoms with E-state index in [1.165, 1.54) is 6.42 Å². The summed E-state index contributed by atoms with van der Waals surface area (Å²) in [7, 11) is 0. The molecule has 1 aromatic rings. The first-order valence-electron chi connectivity index (χ1n) is 9.14. The smallest absolute Gasteiger partial charge is 0.260 e. The maximum absolute atomic E-state index is 12.6. The fraction of sp³-hybridized carbons (Fsp3) is 0.579. The molecule has 2 amide bonds. The van der Waals surface area contributed by atoms with E-state index in [4.69, 9.17) is 4.74 Å². The van der Waals surface area contributed by atoms with Crippen molar-refractivity contribution in [3.63, 3.8) is 0 Å². The number of amides is 2. The normalized spacial score (nSPS) is 17.6. The molecule has 1 aliphatic carbocycles. The van der Waals surface area contributed by atoms with E-state index >= 15 is 0 Å². The Labute approximate surface area is 148 Å². The number of aliphatic hydroxyl groups excluding tert-OH is 1. The van der Waals surface area contributed by atoms with Gasteiger partial charge < -0.3 is 20.1 Å². The highest BCUT2D eigenvalue weighted by Crippen LogP contribution is 2.31. The van der Waals surface area contributed by atoms with E-state index in [-0.39, 0.29) is 31.1 Å². The molecule has 6 nitrogen and oxygen atoms in total. The number of carbonyl (C=O) groups is 2. The van der Waals surface area contributed by atoms with Crippen LogP contribution < -0.4 is 10.1 Å². The van der Waals surface area contributed by atoms with Crippen molar-refractivity contribution in [1.82, 2.24) is 4.90 Å². The minimum absolute atomic E-state index is 0.00662. The number of anilines is 1. The van der Waals surface area contributed by atoms with Crippen molar-refractivity contribution < 1.29 is 19.4 Å². The number of ether oxygens (including phenoxy) is 1. The second-order valence-electron chi connectivity index (χ2n) is 6.72. The van der Waals surface area contributed by atoms with Crippen molar-refractivity contribution in [1.29, 1.82) is 0 Å². The van der Waals surface area contributed by atoms with E-state index in [2.05, 4.69) is 5.32 Å². The molecule has 1 fully saturated rings. The Hall–Kier alpha value is -2.08. The summed E-state index contributed by atoms with van der Waals surface area (Å²) in [4.78, 5) is 25.9. The molecule has 3 rings (SSSR count). The maximum atomic E-state index is 12.6. The Morgan fingerprint density at radius 3 is 2.80 bits per heavy atom. The molecule has 6 heteroatoms. The van der Waals surface area contributed by atoms with E-state index < -0.39 is 0 Å². The van der Waals surface area contributed by atoms with E-state index in [1.54, 1.807) is 4.90 Å². The summed E-state index contributed by atoms with van der Waals surface area (Å²) in [6, 6.07) is 5.71. The first-order chi connectivity index (χ1) is 12.2. The Morgan fingerprint density at radius 1 is 1.24 bits per heavy atom. The molecule has 1 saturated carbocycles. The Kier molecular flexibility index (Phi) is 5.91. The van der Waals surface area contributed by atoms with Gasteiger partial charge in [-0.2, -0.15) is 0 Å². The van der Waals surface area contributed by atoms with Crippen LogP contribution >= 0.6 is 0 Å². The number of carbonyl (C=O) groups excluding carboxylic acids is 2. The molecule has 0 radical (unpaired) electrons. The van der Waals surface area contributed by atoms with Crippen molar-refractivity contribution >= 4 is 17.5 Å². The predicted molar refractivity (Wildman–Crippen MR) is 94.6 cm³/mol. The second kappa shape index (κ2) is 8.34. The van der Waals surface area contributed by atoms with Crippen molar-refractivity contribution in [2.45, 2.75) is 51.0 Å². The van der Waals surface area contributed by atoms with Crippen molar-refractivity contribution in [2.75, 3.05) is 25.1 Å². The molecule has 2 aliphatic rings. The number of hydrogen-bond acceptors (Lipinski definition) is 4. The zero-order valence-electron chi connectivity index (χ0n) is 14.5. The summed E-state index contributed by atoms with van der Waals surface area (Å²) in [5.41, 5.74) is 1.71. The lowest BCUT2D eigenvalue weighted by Gasteiger charge is -2.34. The van der Waals surface area contributed by atoms with Gasteiger partial charge in [-0.15, -0.1) is 0 Å². The molecule has 2 N–H and O–H groups in total. The summed E-state index contributed by atoms with van der Waals surface area (Å²) in [5, 5.41) is 12.1. The Morgan fingerprint density at radius 2 is 2.04 bits per heavy atom. The van der Waals surface area contributed by atoms with Crippen LogP contribution in [0.1, 0.15) is 44.1 Å². The lowest BCUT2D eigenvalue weighted by atomic mass is 9.94. The highest BCUT2D eigenvalue weighted by atomic mass is 16.5. The fourth-order valence-corrected chi connectivity index (χ4v) is 3.76. The van der Waals surface area contributed by atoms with Gasteiger partial charge >= 0.3 is 0 Å². The Balaban J connectivity index is 1.64. The second-order valence-corrected chi connectivity index (χ2v) is 6.72. The first kappa shape index (κ1) is 17.7. The fourth-order valence-electron chi connectivity index (χ4n) is 3.76. The summed E-state index contributed by atoms with van der Waals surface area (Å²) in [6.07, 6.45) is 6.53. The van der Waals surface area contributed by atoms with E-state index in [9.17, 15) is 14.7 Å². The molecule has 0 atom stereocenters. The van der Waals surface area contributed by atoms with Crippen molar-refractivity contribution in [3.05, 3.63) is 23.8 Å². The van der Waals surface area contributed by atoms with Gasteiger partial charge in [0.25, 0.3) is 5.91 Å². The topological polar surface area (TPSA) is 78.9 Å². The molecule has 0 spiro atoms. The third-order valence-corrected chi connectivity index (χ3v) is 5.04. The number of hydrogen-bond donors (Lipinski definition) is 2. The molecule has 0 bridgehead atoms. The van der Waals surface area contributed by atoms with Crippen LogP contribution in [0.25, 0.3) is 0 Å². The van der Waals surface area contributed by atoms with Crippen LogP contribution in [0.4, 0.5) is 5.69 Å². The van der Waals surface area contributed by atoms with Gasteiger partial charge in [-0.1, -0.05) is 25.3 Å². The van der Waals surface area contributed by atoms with Crippen LogP contribution in [0.2, 0.25) is 0 Å². The van der Waals surface area contributed by atoms with E-state index in [0.717, 1.165) is 36.9 Å². The van der Waals surface area contributed by atoms with Crippen LogP contribution in [-0.4, -0.2) is 47.6 Å². The molecular formula is C19H26N2O4. The summed E-state index contributed by atoms with van der Waals surface area (Å²) in [5.74, 6) is 0.573. The third-order valence-electron chi connectivity index (χ3n) is 5.04. The molecule has 1 heterocycles. The molecule has 1 aliphatic heterocycles. The highest BCUT2D eigenvalue weighted by Gasteiger charge is 2.26. The van der Waals surface area contributed by atoms with Crippen molar-refractivity contribution in [3.8, 4) is 5.75 Å². The predicted octanol–water partition coefficient (Wildman–Crippen LogP) is 2.10. The van der Waals surface area contributed by atoms with E-state index in [1.807, 2.05) is 18.2 Å². The minimum Gasteiger partial charge on any atom is -0.483 e. The lowest BCUT2D eigenvalue weighted by Crippen LogP contribution is -2.45. The zero-order chi connectivity index (χ0) is 17.6. The van der Waals surface area contributed by atoms with Gasteiger partial charge in [-0.3, -0.25) is 9.59 Å².